The molecular formula is C14H26N4O. The fourth-order valence-corrected chi connectivity index (χ4v) is 2.12. The van der Waals surface area contributed by atoms with Crippen molar-refractivity contribution in [2.75, 3.05) is 33.2 Å². The van der Waals surface area contributed by atoms with E-state index in [0.717, 1.165) is 42.9 Å². The van der Waals surface area contributed by atoms with Crippen molar-refractivity contribution in [2.24, 2.45) is 10.7 Å². The van der Waals surface area contributed by atoms with Crippen molar-refractivity contribution in [1.82, 2.24) is 9.80 Å². The van der Waals surface area contributed by atoms with E-state index in [4.69, 9.17) is 5.73 Å². The lowest BCUT2D eigenvalue weighted by atomic mass is 10.0. The Morgan fingerprint density at radius 1 is 1.58 bits per heavy atom. The van der Waals surface area contributed by atoms with Gasteiger partial charge in [0.1, 0.15) is 0 Å². The summed E-state index contributed by atoms with van der Waals surface area (Å²) in [6, 6.07) is 0.220. The van der Waals surface area contributed by atoms with Gasteiger partial charge in [0.15, 0.2) is 0 Å². The Bertz CT molecular complexity index is 374. The highest BCUT2D eigenvalue weighted by molar-refractivity contribution is 5.99. The molecule has 0 unspecified atom stereocenters. The number of rotatable bonds is 6. The van der Waals surface area contributed by atoms with Gasteiger partial charge in [0.2, 0.25) is 6.41 Å². The molecule has 1 rings (SSSR count). The van der Waals surface area contributed by atoms with E-state index in [2.05, 4.69) is 16.9 Å². The lowest BCUT2D eigenvalue weighted by molar-refractivity contribution is -0.119. The summed E-state index contributed by atoms with van der Waals surface area (Å²) >= 11 is 0. The first kappa shape index (κ1) is 15.7. The van der Waals surface area contributed by atoms with Gasteiger partial charge in [0.05, 0.1) is 6.54 Å². The Hall–Kier alpha value is -1.36. The predicted octanol–water partition coefficient (Wildman–Crippen LogP) is 0.862. The second kappa shape index (κ2) is 7.28. The smallest absolute Gasteiger partial charge is 0.209 e. The van der Waals surface area contributed by atoms with Crippen LogP contribution >= 0.6 is 0 Å². The molecule has 1 heterocycles. The highest BCUT2D eigenvalue weighted by atomic mass is 16.1. The van der Waals surface area contributed by atoms with E-state index in [1.807, 2.05) is 20.8 Å². The molecular weight excluding hydrogens is 240 g/mol. The summed E-state index contributed by atoms with van der Waals surface area (Å²) < 4.78 is 0. The van der Waals surface area contributed by atoms with Gasteiger partial charge < -0.3 is 15.5 Å². The number of aliphatic imine (C=N–C) groups is 1. The highest BCUT2D eigenvalue weighted by Gasteiger charge is 2.16. The number of nitrogens with zero attached hydrogens (tertiary/aromatic N) is 3. The Kier molecular flexibility index (Phi) is 6.02. The number of hydrogen-bond acceptors (Lipinski definition) is 4. The molecule has 0 aliphatic carbocycles. The maximum absolute atomic E-state index is 10.9. The fourth-order valence-electron chi connectivity index (χ4n) is 2.12. The van der Waals surface area contributed by atoms with Crippen LogP contribution in [0.25, 0.3) is 0 Å². The molecule has 1 aliphatic heterocycles. The van der Waals surface area contributed by atoms with Gasteiger partial charge in [-0.2, -0.15) is 0 Å². The summed E-state index contributed by atoms with van der Waals surface area (Å²) in [6.07, 6.45) is 1.79. The number of nitrogens with two attached hydrogens (primary N) is 1. The van der Waals surface area contributed by atoms with Gasteiger partial charge in [-0.3, -0.25) is 9.79 Å². The van der Waals surface area contributed by atoms with Crippen molar-refractivity contribution < 1.29 is 4.79 Å². The highest BCUT2D eigenvalue weighted by Crippen LogP contribution is 2.14. The van der Waals surface area contributed by atoms with Gasteiger partial charge in [-0.1, -0.05) is 0 Å². The number of carbonyl (C=O) groups excluding carboxylic acids is 1. The third-order valence-corrected chi connectivity index (χ3v) is 3.52. The summed E-state index contributed by atoms with van der Waals surface area (Å²) in [5, 5.41) is 0. The van der Waals surface area contributed by atoms with E-state index in [1.54, 1.807) is 4.90 Å². The maximum Gasteiger partial charge on any atom is 0.209 e. The van der Waals surface area contributed by atoms with Crippen molar-refractivity contribution >= 4 is 12.1 Å². The largest absolute Gasteiger partial charge is 0.402 e. The minimum absolute atomic E-state index is 0.220. The van der Waals surface area contributed by atoms with Crippen LogP contribution in [0.4, 0.5) is 0 Å². The molecule has 5 heteroatoms. The Labute approximate surface area is 116 Å². The van der Waals surface area contributed by atoms with Gasteiger partial charge in [0.25, 0.3) is 0 Å². The average Bonchev–Trinajstić information content (AvgIpc) is 2.36. The SMILES string of the molecule is CC(=NCCN(C=O)C(C)C)C1=C(N)CCN(C)C1. The molecule has 0 aromatic rings. The van der Waals surface area contributed by atoms with Crippen LogP contribution in [0.3, 0.4) is 0 Å². The van der Waals surface area contributed by atoms with E-state index in [-0.39, 0.29) is 6.04 Å². The van der Waals surface area contributed by atoms with Crippen molar-refractivity contribution in [3.05, 3.63) is 11.3 Å². The minimum Gasteiger partial charge on any atom is -0.402 e. The van der Waals surface area contributed by atoms with Crippen LogP contribution in [-0.4, -0.2) is 61.2 Å². The molecule has 0 saturated heterocycles. The van der Waals surface area contributed by atoms with E-state index in [0.29, 0.717) is 13.1 Å². The van der Waals surface area contributed by atoms with Gasteiger partial charge >= 0.3 is 0 Å². The summed E-state index contributed by atoms with van der Waals surface area (Å²) in [5.74, 6) is 0. The van der Waals surface area contributed by atoms with Crippen LogP contribution in [0.2, 0.25) is 0 Å². The van der Waals surface area contributed by atoms with Crippen LogP contribution in [0.1, 0.15) is 27.2 Å². The summed E-state index contributed by atoms with van der Waals surface area (Å²) in [5.41, 5.74) is 9.16. The van der Waals surface area contributed by atoms with Gasteiger partial charge in [-0.25, -0.2) is 0 Å². The molecule has 0 atom stereocenters. The number of likely N-dealkylation sites (N-methyl/N-ethyl adjacent to an activating group) is 1. The summed E-state index contributed by atoms with van der Waals surface area (Å²) in [4.78, 5) is 19.4. The van der Waals surface area contributed by atoms with E-state index in [9.17, 15) is 4.79 Å². The number of hydrogen-bond donors (Lipinski definition) is 1. The molecule has 0 saturated carbocycles. The quantitative estimate of drug-likeness (QED) is 0.573. The minimum atomic E-state index is 0.220. The van der Waals surface area contributed by atoms with E-state index in [1.165, 1.54) is 0 Å². The fraction of sp³-hybridized carbons (Fsp3) is 0.714. The average molecular weight is 266 g/mol. The maximum atomic E-state index is 10.9. The Balaban J connectivity index is 2.59. The number of carbonyl (C=O) groups is 1. The standard InChI is InChI=1S/C14H26N4O/c1-11(2)18(10-19)8-6-16-12(3)13-9-17(4)7-5-14(13)15/h10-11H,5-9,15H2,1-4H3. The summed E-state index contributed by atoms with van der Waals surface area (Å²) in [7, 11) is 2.09. The van der Waals surface area contributed by atoms with Crippen LogP contribution in [0.5, 0.6) is 0 Å². The normalized spacial score (nSPS) is 18.1. The van der Waals surface area contributed by atoms with Crippen LogP contribution in [0, 0.1) is 0 Å². The van der Waals surface area contributed by atoms with Crippen molar-refractivity contribution in [3.63, 3.8) is 0 Å². The third kappa shape index (κ3) is 4.67. The second-order valence-corrected chi connectivity index (χ2v) is 5.40. The second-order valence-electron chi connectivity index (χ2n) is 5.40. The van der Waals surface area contributed by atoms with Gasteiger partial charge in [-0.15, -0.1) is 0 Å². The molecule has 0 spiro atoms. The monoisotopic (exact) mass is 266 g/mol. The first-order valence-electron chi connectivity index (χ1n) is 6.84. The molecule has 2 N–H and O–H groups in total. The molecule has 1 amide bonds. The predicted molar refractivity (Wildman–Crippen MR) is 79.2 cm³/mol. The van der Waals surface area contributed by atoms with Crippen LogP contribution < -0.4 is 5.73 Å². The lowest BCUT2D eigenvalue weighted by Crippen LogP contribution is -2.33. The zero-order chi connectivity index (χ0) is 14.4. The van der Waals surface area contributed by atoms with Crippen molar-refractivity contribution in [2.45, 2.75) is 33.2 Å². The molecule has 0 aromatic carbocycles. The molecule has 5 nitrogen and oxygen atoms in total. The number of amides is 1. The molecule has 0 bridgehead atoms. The molecule has 0 fully saturated rings. The molecule has 108 valence electrons. The van der Waals surface area contributed by atoms with Gasteiger partial charge in [0, 0.05) is 49.1 Å². The third-order valence-electron chi connectivity index (χ3n) is 3.52. The molecule has 19 heavy (non-hydrogen) atoms. The lowest BCUT2D eigenvalue weighted by Gasteiger charge is -2.26. The first-order valence-corrected chi connectivity index (χ1v) is 6.84. The van der Waals surface area contributed by atoms with E-state index < -0.39 is 0 Å². The topological polar surface area (TPSA) is 61.9 Å². The molecule has 1 aliphatic rings. The van der Waals surface area contributed by atoms with Gasteiger partial charge in [-0.05, 0) is 27.8 Å². The zero-order valence-electron chi connectivity index (χ0n) is 12.5. The van der Waals surface area contributed by atoms with E-state index >= 15 is 0 Å². The van der Waals surface area contributed by atoms with Crippen molar-refractivity contribution in [1.29, 1.82) is 0 Å². The molecule has 0 aromatic heterocycles. The Morgan fingerprint density at radius 3 is 2.84 bits per heavy atom. The zero-order valence-corrected chi connectivity index (χ0v) is 12.5. The van der Waals surface area contributed by atoms with Crippen molar-refractivity contribution in [3.8, 4) is 0 Å². The summed E-state index contributed by atoms with van der Waals surface area (Å²) in [6.45, 7) is 9.16. The first-order chi connectivity index (χ1) is 8.95. The van der Waals surface area contributed by atoms with Crippen LogP contribution in [-0.2, 0) is 4.79 Å². The molecule has 0 radical (unpaired) electrons. The Morgan fingerprint density at radius 2 is 2.26 bits per heavy atom. The van der Waals surface area contributed by atoms with Crippen LogP contribution in [0.15, 0.2) is 16.3 Å².